The van der Waals surface area contributed by atoms with Gasteiger partial charge in [-0.2, -0.15) is 0 Å². The number of carbonyl (C=O) groups excluding carboxylic acids is 1. The van der Waals surface area contributed by atoms with Gasteiger partial charge in [0, 0.05) is 14.5 Å². The van der Waals surface area contributed by atoms with Gasteiger partial charge in [0.05, 0.1) is 5.92 Å². The van der Waals surface area contributed by atoms with Crippen LogP contribution in [0.3, 0.4) is 0 Å². The zero-order valence-corrected chi connectivity index (χ0v) is 12.3. The Kier molecular flexibility index (Phi) is 4.44. The van der Waals surface area contributed by atoms with E-state index in [0.29, 0.717) is 10.0 Å². The van der Waals surface area contributed by atoms with Gasteiger partial charge in [0.2, 0.25) is 0 Å². The number of hydrogen-bond acceptors (Lipinski definition) is 1. The van der Waals surface area contributed by atoms with Crippen molar-refractivity contribution < 1.29 is 4.79 Å². The third-order valence-electron chi connectivity index (χ3n) is 2.66. The molecule has 0 spiro atoms. The van der Waals surface area contributed by atoms with Gasteiger partial charge in [-0.3, -0.25) is 0 Å². The van der Waals surface area contributed by atoms with Crippen LogP contribution in [-0.4, -0.2) is 6.29 Å². The van der Waals surface area contributed by atoms with Gasteiger partial charge in [-0.25, -0.2) is 0 Å². The Morgan fingerprint density at radius 2 is 1.72 bits per heavy atom. The van der Waals surface area contributed by atoms with Gasteiger partial charge >= 0.3 is 0 Å². The van der Waals surface area contributed by atoms with Crippen LogP contribution in [0.2, 0.25) is 10.0 Å². The number of aldehydes is 1. The second kappa shape index (κ2) is 5.87. The van der Waals surface area contributed by atoms with Gasteiger partial charge in [-0.15, -0.1) is 0 Å². The van der Waals surface area contributed by atoms with Crippen LogP contribution >= 0.6 is 39.1 Å². The number of hydrogen-bond donors (Lipinski definition) is 0. The summed E-state index contributed by atoms with van der Waals surface area (Å²) >= 11 is 15.3. The van der Waals surface area contributed by atoms with E-state index < -0.39 is 0 Å². The zero-order valence-electron chi connectivity index (χ0n) is 9.24. The first-order chi connectivity index (χ1) is 8.61. The van der Waals surface area contributed by atoms with Crippen molar-refractivity contribution in [1.29, 1.82) is 0 Å². The number of rotatable bonds is 3. The number of carbonyl (C=O) groups is 1. The van der Waals surface area contributed by atoms with Gasteiger partial charge < -0.3 is 4.79 Å². The van der Waals surface area contributed by atoms with E-state index in [1.807, 2.05) is 24.3 Å². The Bertz CT molecular complexity index is 567. The molecule has 1 atom stereocenters. The van der Waals surface area contributed by atoms with Crippen molar-refractivity contribution in [3.8, 4) is 0 Å². The van der Waals surface area contributed by atoms with E-state index >= 15 is 0 Å². The first-order valence-corrected chi connectivity index (χ1v) is 6.82. The third kappa shape index (κ3) is 2.94. The average molecular weight is 344 g/mol. The molecule has 1 unspecified atom stereocenters. The molecule has 0 saturated carbocycles. The highest BCUT2D eigenvalue weighted by Gasteiger charge is 2.16. The molecule has 0 N–H and O–H groups in total. The lowest BCUT2D eigenvalue weighted by atomic mass is 9.93. The van der Waals surface area contributed by atoms with E-state index in [9.17, 15) is 4.79 Å². The molecule has 0 saturated heterocycles. The van der Waals surface area contributed by atoms with Crippen LogP contribution < -0.4 is 0 Å². The maximum atomic E-state index is 11.3. The Labute approximate surface area is 124 Å². The molecule has 92 valence electrons. The summed E-state index contributed by atoms with van der Waals surface area (Å²) in [5.74, 6) is -0.372. The minimum absolute atomic E-state index is 0.372. The minimum Gasteiger partial charge on any atom is -0.302 e. The van der Waals surface area contributed by atoms with Gasteiger partial charge in [0.25, 0.3) is 0 Å². The first kappa shape index (κ1) is 13.6. The summed E-state index contributed by atoms with van der Waals surface area (Å²) < 4.78 is 0.886. The molecule has 0 aliphatic heterocycles. The average Bonchev–Trinajstić information content (AvgIpc) is 2.35. The predicted octanol–water partition coefficient (Wildman–Crippen LogP) is 5.09. The van der Waals surface area contributed by atoms with Crippen LogP contribution in [0.25, 0.3) is 0 Å². The molecule has 0 fully saturated rings. The summed E-state index contributed by atoms with van der Waals surface area (Å²) in [7, 11) is 0. The highest BCUT2D eigenvalue weighted by atomic mass is 79.9. The summed E-state index contributed by atoms with van der Waals surface area (Å²) in [6.45, 7) is 0. The standard InChI is InChI=1S/C14H9BrCl2O/c15-10-3-6-12(14(17)7-10)13(8-18)9-1-4-11(16)5-2-9/h1-8,13H. The van der Waals surface area contributed by atoms with E-state index in [1.54, 1.807) is 18.2 Å². The van der Waals surface area contributed by atoms with Crippen molar-refractivity contribution in [2.75, 3.05) is 0 Å². The molecule has 2 aromatic rings. The van der Waals surface area contributed by atoms with Crippen LogP contribution in [0.5, 0.6) is 0 Å². The molecule has 0 bridgehead atoms. The van der Waals surface area contributed by atoms with Gasteiger partial charge in [0.15, 0.2) is 0 Å². The Morgan fingerprint density at radius 1 is 1.06 bits per heavy atom. The van der Waals surface area contributed by atoms with Crippen molar-refractivity contribution in [2.45, 2.75) is 5.92 Å². The molecular formula is C14H9BrCl2O. The molecule has 0 radical (unpaired) electrons. The monoisotopic (exact) mass is 342 g/mol. The Morgan fingerprint density at radius 3 is 2.28 bits per heavy atom. The molecule has 0 aromatic heterocycles. The van der Waals surface area contributed by atoms with Crippen LogP contribution in [0.1, 0.15) is 17.0 Å². The second-order valence-electron chi connectivity index (χ2n) is 3.83. The first-order valence-electron chi connectivity index (χ1n) is 5.27. The SMILES string of the molecule is O=CC(c1ccc(Cl)cc1)c1ccc(Br)cc1Cl. The topological polar surface area (TPSA) is 17.1 Å². The highest BCUT2D eigenvalue weighted by molar-refractivity contribution is 9.10. The maximum absolute atomic E-state index is 11.3. The minimum atomic E-state index is -0.372. The van der Waals surface area contributed by atoms with E-state index in [2.05, 4.69) is 15.9 Å². The summed E-state index contributed by atoms with van der Waals surface area (Å²) in [4.78, 5) is 11.3. The quantitative estimate of drug-likeness (QED) is 0.709. The van der Waals surface area contributed by atoms with Crippen LogP contribution in [0.15, 0.2) is 46.9 Å². The lowest BCUT2D eigenvalue weighted by molar-refractivity contribution is -0.108. The normalized spacial score (nSPS) is 12.2. The van der Waals surface area contributed by atoms with E-state index in [1.165, 1.54) is 0 Å². The van der Waals surface area contributed by atoms with Crippen molar-refractivity contribution in [2.24, 2.45) is 0 Å². The molecule has 0 aliphatic carbocycles. The summed E-state index contributed by atoms with van der Waals surface area (Å²) in [5, 5.41) is 1.21. The fourth-order valence-electron chi connectivity index (χ4n) is 1.76. The summed E-state index contributed by atoms with van der Waals surface area (Å²) in [6.07, 6.45) is 0.887. The highest BCUT2D eigenvalue weighted by Crippen LogP contribution is 2.31. The third-order valence-corrected chi connectivity index (χ3v) is 3.74. The second-order valence-corrected chi connectivity index (χ2v) is 5.59. The van der Waals surface area contributed by atoms with Crippen LogP contribution in [0.4, 0.5) is 0 Å². The molecule has 0 heterocycles. The predicted molar refractivity (Wildman–Crippen MR) is 78.5 cm³/mol. The van der Waals surface area contributed by atoms with Crippen molar-refractivity contribution in [3.05, 3.63) is 68.1 Å². The molecule has 18 heavy (non-hydrogen) atoms. The van der Waals surface area contributed by atoms with E-state index in [4.69, 9.17) is 23.2 Å². The van der Waals surface area contributed by atoms with Crippen molar-refractivity contribution in [1.82, 2.24) is 0 Å². The van der Waals surface area contributed by atoms with Crippen LogP contribution in [-0.2, 0) is 4.79 Å². The fraction of sp³-hybridized carbons (Fsp3) is 0.0714. The zero-order chi connectivity index (χ0) is 13.1. The maximum Gasteiger partial charge on any atom is 0.131 e. The van der Waals surface area contributed by atoms with Crippen LogP contribution in [0, 0.1) is 0 Å². The van der Waals surface area contributed by atoms with E-state index in [-0.39, 0.29) is 5.92 Å². The lowest BCUT2D eigenvalue weighted by Crippen LogP contribution is -2.03. The molecule has 4 heteroatoms. The van der Waals surface area contributed by atoms with Gasteiger partial charge in [0.1, 0.15) is 6.29 Å². The molecular weight excluding hydrogens is 335 g/mol. The molecule has 0 amide bonds. The van der Waals surface area contributed by atoms with Crippen molar-refractivity contribution in [3.63, 3.8) is 0 Å². The molecule has 1 nitrogen and oxygen atoms in total. The fourth-order valence-corrected chi connectivity index (χ4v) is 2.67. The molecule has 0 aliphatic rings. The summed E-state index contributed by atoms with van der Waals surface area (Å²) in [6, 6.07) is 12.7. The number of halogens is 3. The van der Waals surface area contributed by atoms with Gasteiger partial charge in [-0.1, -0.05) is 57.3 Å². The number of benzene rings is 2. The smallest absolute Gasteiger partial charge is 0.131 e. The Hall–Kier alpha value is -0.830. The lowest BCUT2D eigenvalue weighted by Gasteiger charge is -2.13. The van der Waals surface area contributed by atoms with Gasteiger partial charge in [-0.05, 0) is 35.4 Å². The van der Waals surface area contributed by atoms with E-state index in [0.717, 1.165) is 21.9 Å². The molecule has 2 rings (SSSR count). The largest absolute Gasteiger partial charge is 0.302 e. The van der Waals surface area contributed by atoms with Crippen molar-refractivity contribution >= 4 is 45.4 Å². The summed E-state index contributed by atoms with van der Waals surface area (Å²) in [5.41, 5.74) is 1.66. The molecule has 2 aromatic carbocycles. The Balaban J connectivity index is 2.45.